The Kier molecular flexibility index (Phi) is 3.18. The van der Waals surface area contributed by atoms with Gasteiger partial charge >= 0.3 is 0 Å². The second kappa shape index (κ2) is 5.23. The molecule has 4 heteroatoms. The predicted octanol–water partition coefficient (Wildman–Crippen LogP) is 3.52. The van der Waals surface area contributed by atoms with Crippen LogP contribution in [0.2, 0.25) is 0 Å². The second-order valence-corrected chi connectivity index (χ2v) is 6.10. The summed E-state index contributed by atoms with van der Waals surface area (Å²) in [5.41, 5.74) is 3.71. The highest BCUT2D eigenvalue weighted by atomic mass is 19.1. The second-order valence-electron chi connectivity index (χ2n) is 6.10. The fourth-order valence-electron chi connectivity index (χ4n) is 3.80. The number of halogens is 1. The number of carbonyl (C=O) groups excluding carboxylic acids is 1. The lowest BCUT2D eigenvalue weighted by molar-refractivity contribution is -0.127. The molecule has 1 N–H and O–H groups in total. The van der Waals surface area contributed by atoms with Crippen LogP contribution in [0.25, 0.3) is 0 Å². The number of aliphatic hydroxyl groups excluding tert-OH is 1. The standard InChI is InChI=1S/C19H16FNO2/c20-14-7-5-12(6-8-14)10-21-18-15-4-2-1-3-13(15)9-16(18)17(11-22)19(21)23/h1-8,11,16,18,22H,9-10H2/b17-11+. The number of nitrogens with zero attached hydrogens (tertiary/aromatic N) is 1. The van der Waals surface area contributed by atoms with Gasteiger partial charge in [-0.15, -0.1) is 0 Å². The molecule has 1 aliphatic carbocycles. The van der Waals surface area contributed by atoms with Crippen molar-refractivity contribution >= 4 is 5.91 Å². The van der Waals surface area contributed by atoms with E-state index in [4.69, 9.17) is 0 Å². The van der Waals surface area contributed by atoms with Crippen molar-refractivity contribution in [2.45, 2.75) is 19.0 Å². The van der Waals surface area contributed by atoms with Gasteiger partial charge < -0.3 is 10.0 Å². The van der Waals surface area contributed by atoms with Gasteiger partial charge in [-0.25, -0.2) is 4.39 Å². The van der Waals surface area contributed by atoms with Gasteiger partial charge in [0.25, 0.3) is 5.91 Å². The zero-order valence-electron chi connectivity index (χ0n) is 12.4. The third-order valence-corrected chi connectivity index (χ3v) is 4.84. The van der Waals surface area contributed by atoms with Gasteiger partial charge in [-0.1, -0.05) is 36.4 Å². The first-order chi connectivity index (χ1) is 11.2. The fourth-order valence-corrected chi connectivity index (χ4v) is 3.80. The van der Waals surface area contributed by atoms with Crippen molar-refractivity contribution in [1.82, 2.24) is 4.90 Å². The minimum Gasteiger partial charge on any atom is -0.515 e. The third kappa shape index (κ3) is 2.13. The summed E-state index contributed by atoms with van der Waals surface area (Å²) in [6.07, 6.45) is 1.72. The Morgan fingerprint density at radius 2 is 1.91 bits per heavy atom. The summed E-state index contributed by atoms with van der Waals surface area (Å²) in [5.74, 6) is -0.437. The van der Waals surface area contributed by atoms with Crippen LogP contribution in [0, 0.1) is 11.7 Å². The van der Waals surface area contributed by atoms with Crippen LogP contribution in [-0.4, -0.2) is 15.9 Å². The molecule has 0 spiro atoms. The van der Waals surface area contributed by atoms with Crippen molar-refractivity contribution < 1.29 is 14.3 Å². The first-order valence-electron chi connectivity index (χ1n) is 7.66. The number of likely N-dealkylation sites (tertiary alicyclic amines) is 1. The van der Waals surface area contributed by atoms with E-state index in [9.17, 15) is 14.3 Å². The van der Waals surface area contributed by atoms with Crippen molar-refractivity contribution in [2.24, 2.45) is 5.92 Å². The van der Waals surface area contributed by atoms with Gasteiger partial charge in [-0.3, -0.25) is 4.79 Å². The van der Waals surface area contributed by atoms with E-state index in [0.29, 0.717) is 12.1 Å². The maximum atomic E-state index is 13.1. The normalized spacial score (nSPS) is 24.1. The number of carbonyl (C=O) groups is 1. The van der Waals surface area contributed by atoms with E-state index in [0.717, 1.165) is 23.8 Å². The predicted molar refractivity (Wildman–Crippen MR) is 84.0 cm³/mol. The minimum atomic E-state index is -0.290. The smallest absolute Gasteiger partial charge is 0.254 e. The summed E-state index contributed by atoms with van der Waals surface area (Å²) in [5, 5.41) is 9.52. The first-order valence-corrected chi connectivity index (χ1v) is 7.66. The summed E-state index contributed by atoms with van der Waals surface area (Å²) in [7, 11) is 0. The van der Waals surface area contributed by atoms with E-state index in [1.165, 1.54) is 17.7 Å². The molecule has 4 rings (SSSR count). The fraction of sp³-hybridized carbons (Fsp3) is 0.211. The molecule has 1 saturated heterocycles. The summed E-state index contributed by atoms with van der Waals surface area (Å²) < 4.78 is 13.1. The number of hydrogen-bond donors (Lipinski definition) is 1. The van der Waals surface area contributed by atoms with Gasteiger partial charge in [0, 0.05) is 12.5 Å². The van der Waals surface area contributed by atoms with Crippen LogP contribution in [0.4, 0.5) is 4.39 Å². The van der Waals surface area contributed by atoms with Gasteiger partial charge in [0.05, 0.1) is 17.9 Å². The van der Waals surface area contributed by atoms with Gasteiger partial charge in [-0.2, -0.15) is 0 Å². The quantitative estimate of drug-likeness (QED) is 0.681. The zero-order chi connectivity index (χ0) is 16.0. The molecule has 0 saturated carbocycles. The molecule has 116 valence electrons. The molecule has 2 aliphatic rings. The minimum absolute atomic E-state index is 0.00894. The molecule has 2 aromatic rings. The maximum absolute atomic E-state index is 13.1. The molecule has 23 heavy (non-hydrogen) atoms. The van der Waals surface area contributed by atoms with Crippen LogP contribution in [0.3, 0.4) is 0 Å². The summed E-state index contributed by atoms with van der Waals surface area (Å²) in [6, 6.07) is 14.2. The Balaban J connectivity index is 1.73. The van der Waals surface area contributed by atoms with E-state index in [1.54, 1.807) is 17.0 Å². The van der Waals surface area contributed by atoms with Crippen LogP contribution in [0.5, 0.6) is 0 Å². The van der Waals surface area contributed by atoms with Crippen LogP contribution >= 0.6 is 0 Å². The van der Waals surface area contributed by atoms with Crippen molar-refractivity contribution in [3.63, 3.8) is 0 Å². The molecule has 1 aliphatic heterocycles. The Bertz CT molecular complexity index is 797. The van der Waals surface area contributed by atoms with E-state index < -0.39 is 0 Å². The van der Waals surface area contributed by atoms with Crippen LogP contribution < -0.4 is 0 Å². The average molecular weight is 309 g/mol. The van der Waals surface area contributed by atoms with E-state index in [2.05, 4.69) is 6.07 Å². The summed E-state index contributed by atoms with van der Waals surface area (Å²) in [4.78, 5) is 14.4. The number of amides is 1. The van der Waals surface area contributed by atoms with Gasteiger partial charge in [-0.05, 0) is 35.2 Å². The lowest BCUT2D eigenvalue weighted by Gasteiger charge is -2.24. The molecule has 1 heterocycles. The highest BCUT2D eigenvalue weighted by molar-refractivity contribution is 5.97. The lowest BCUT2D eigenvalue weighted by Crippen LogP contribution is -2.27. The molecular formula is C19H16FNO2. The van der Waals surface area contributed by atoms with Gasteiger partial charge in [0.15, 0.2) is 0 Å². The lowest BCUT2D eigenvalue weighted by atomic mass is 9.97. The molecular weight excluding hydrogens is 293 g/mol. The van der Waals surface area contributed by atoms with E-state index in [1.807, 2.05) is 18.2 Å². The number of benzene rings is 2. The van der Waals surface area contributed by atoms with E-state index in [-0.39, 0.29) is 23.7 Å². The molecule has 2 unspecified atom stereocenters. The highest BCUT2D eigenvalue weighted by Gasteiger charge is 2.49. The number of aliphatic hydroxyl groups is 1. The zero-order valence-corrected chi connectivity index (χ0v) is 12.4. The average Bonchev–Trinajstić information content (AvgIpc) is 3.05. The Morgan fingerprint density at radius 3 is 2.65 bits per heavy atom. The molecule has 0 aromatic heterocycles. The summed E-state index contributed by atoms with van der Waals surface area (Å²) in [6.45, 7) is 0.409. The molecule has 1 fully saturated rings. The number of rotatable bonds is 2. The topological polar surface area (TPSA) is 40.5 Å². The van der Waals surface area contributed by atoms with Crippen LogP contribution in [-0.2, 0) is 17.8 Å². The van der Waals surface area contributed by atoms with Crippen molar-refractivity contribution in [3.8, 4) is 0 Å². The van der Waals surface area contributed by atoms with Crippen molar-refractivity contribution in [1.29, 1.82) is 0 Å². The Hall–Kier alpha value is -2.62. The highest BCUT2D eigenvalue weighted by Crippen LogP contribution is 2.49. The molecule has 2 aromatic carbocycles. The van der Waals surface area contributed by atoms with E-state index >= 15 is 0 Å². The largest absolute Gasteiger partial charge is 0.515 e. The first kappa shape index (κ1) is 14.0. The SMILES string of the molecule is O=C1/C(=C/O)C2Cc3ccccc3C2N1Cc1ccc(F)cc1. The molecule has 2 atom stereocenters. The van der Waals surface area contributed by atoms with Crippen LogP contribution in [0.15, 0.2) is 60.4 Å². The van der Waals surface area contributed by atoms with Crippen molar-refractivity contribution in [2.75, 3.05) is 0 Å². The van der Waals surface area contributed by atoms with Crippen molar-refractivity contribution in [3.05, 3.63) is 82.9 Å². The molecule has 0 radical (unpaired) electrons. The Morgan fingerprint density at radius 1 is 1.17 bits per heavy atom. The van der Waals surface area contributed by atoms with Crippen LogP contribution in [0.1, 0.15) is 22.7 Å². The number of fused-ring (bicyclic) bond motifs is 3. The van der Waals surface area contributed by atoms with Gasteiger partial charge in [0.1, 0.15) is 5.82 Å². The molecule has 3 nitrogen and oxygen atoms in total. The monoisotopic (exact) mass is 309 g/mol. The third-order valence-electron chi connectivity index (χ3n) is 4.84. The Labute approximate surface area is 133 Å². The maximum Gasteiger partial charge on any atom is 0.254 e. The molecule has 0 bridgehead atoms. The molecule has 1 amide bonds. The van der Waals surface area contributed by atoms with Gasteiger partial charge in [0.2, 0.25) is 0 Å². The number of hydrogen-bond acceptors (Lipinski definition) is 2. The summed E-state index contributed by atoms with van der Waals surface area (Å²) >= 11 is 0.